The van der Waals surface area contributed by atoms with Crippen LogP contribution in [0, 0.1) is 11.3 Å². The lowest BCUT2D eigenvalue weighted by molar-refractivity contribution is -0.127. The van der Waals surface area contributed by atoms with Crippen molar-refractivity contribution in [2.75, 3.05) is 13.6 Å². The Hall–Kier alpha value is -1.16. The number of hydrogen-bond acceptors (Lipinski definition) is 4. The highest BCUT2D eigenvalue weighted by molar-refractivity contribution is 6.33. The molecule has 0 aliphatic carbocycles. The lowest BCUT2D eigenvalue weighted by Crippen LogP contribution is -2.44. The molecule has 0 saturated heterocycles. The van der Waals surface area contributed by atoms with E-state index in [4.69, 9.17) is 0 Å². The van der Waals surface area contributed by atoms with Crippen LogP contribution in [0.25, 0.3) is 0 Å². The zero-order valence-corrected chi connectivity index (χ0v) is 12.3. The fourth-order valence-electron chi connectivity index (χ4n) is 1.72. The summed E-state index contributed by atoms with van der Waals surface area (Å²) in [6, 6.07) is 0.286. The highest BCUT2D eigenvalue weighted by Crippen LogP contribution is 2.18. The Morgan fingerprint density at radius 3 is 2.17 bits per heavy atom. The van der Waals surface area contributed by atoms with Crippen LogP contribution in [0.15, 0.2) is 11.8 Å². The van der Waals surface area contributed by atoms with Gasteiger partial charge in [0.2, 0.25) is 5.78 Å². The van der Waals surface area contributed by atoms with Gasteiger partial charge in [0.15, 0.2) is 6.29 Å². The summed E-state index contributed by atoms with van der Waals surface area (Å²) in [5.74, 6) is -0.410. The van der Waals surface area contributed by atoms with Crippen LogP contribution < -0.4 is 10.6 Å². The van der Waals surface area contributed by atoms with Crippen LogP contribution in [0.4, 0.5) is 0 Å². The molecular weight excluding hydrogens is 228 g/mol. The van der Waals surface area contributed by atoms with Crippen molar-refractivity contribution in [1.82, 2.24) is 10.6 Å². The maximum Gasteiger partial charge on any atom is 0.223 e. The van der Waals surface area contributed by atoms with Gasteiger partial charge < -0.3 is 10.6 Å². The van der Waals surface area contributed by atoms with Crippen molar-refractivity contribution in [1.29, 1.82) is 0 Å². The number of rotatable bonds is 7. The summed E-state index contributed by atoms with van der Waals surface area (Å²) in [4.78, 5) is 21.9. The first kappa shape index (κ1) is 16.8. The molecule has 0 aromatic rings. The van der Waals surface area contributed by atoms with Gasteiger partial charge in [-0.2, -0.15) is 0 Å². The molecule has 1 unspecified atom stereocenters. The molecule has 0 bridgehead atoms. The third-order valence-corrected chi connectivity index (χ3v) is 2.99. The molecule has 0 rings (SSSR count). The highest BCUT2D eigenvalue weighted by Gasteiger charge is 2.22. The quantitative estimate of drug-likeness (QED) is 0.411. The lowest BCUT2D eigenvalue weighted by atomic mass is 9.87. The molecule has 0 radical (unpaired) electrons. The fourth-order valence-corrected chi connectivity index (χ4v) is 1.72. The molecular formula is C14H26N2O2. The van der Waals surface area contributed by atoms with E-state index in [1.54, 1.807) is 6.20 Å². The van der Waals surface area contributed by atoms with Crippen LogP contribution >= 0.6 is 0 Å². The number of nitrogens with one attached hydrogen (secondary N) is 2. The monoisotopic (exact) mass is 254 g/mol. The summed E-state index contributed by atoms with van der Waals surface area (Å²) >= 11 is 0. The van der Waals surface area contributed by atoms with Gasteiger partial charge >= 0.3 is 0 Å². The second-order valence-corrected chi connectivity index (χ2v) is 5.85. The second kappa shape index (κ2) is 7.31. The molecule has 0 fully saturated rings. The van der Waals surface area contributed by atoms with Crippen molar-refractivity contribution >= 4 is 12.1 Å². The number of hydrogen-bond donors (Lipinski definition) is 2. The summed E-state index contributed by atoms with van der Waals surface area (Å²) in [5.41, 5.74) is 0.649. The first-order chi connectivity index (χ1) is 8.23. The predicted molar refractivity (Wildman–Crippen MR) is 74.3 cm³/mol. The van der Waals surface area contributed by atoms with Crippen molar-refractivity contribution in [3.8, 4) is 0 Å². The maximum atomic E-state index is 11.4. The normalized spacial score (nSPS) is 14.5. The smallest absolute Gasteiger partial charge is 0.223 e. The average Bonchev–Trinajstić information content (AvgIpc) is 2.26. The molecule has 0 aromatic carbocycles. The molecule has 0 heterocycles. The number of likely N-dealkylation sites (N-methyl/N-ethyl adjacent to an activating group) is 1. The van der Waals surface area contributed by atoms with Gasteiger partial charge in [0, 0.05) is 24.4 Å². The van der Waals surface area contributed by atoms with Crippen LogP contribution in [-0.4, -0.2) is 31.7 Å². The Morgan fingerprint density at radius 2 is 1.83 bits per heavy atom. The van der Waals surface area contributed by atoms with Crippen LogP contribution in [0.2, 0.25) is 0 Å². The molecule has 0 amide bonds. The summed E-state index contributed by atoms with van der Waals surface area (Å²) in [7, 11) is 1.92. The number of ketones is 1. The average molecular weight is 254 g/mol. The highest BCUT2D eigenvalue weighted by atomic mass is 16.2. The minimum absolute atomic E-state index is 0.0397. The minimum atomic E-state index is -0.450. The first-order valence-corrected chi connectivity index (χ1v) is 6.34. The Bertz CT molecular complexity index is 314. The zero-order chi connectivity index (χ0) is 14.3. The van der Waals surface area contributed by atoms with E-state index in [9.17, 15) is 9.59 Å². The van der Waals surface area contributed by atoms with Crippen LogP contribution in [-0.2, 0) is 9.59 Å². The van der Waals surface area contributed by atoms with Gasteiger partial charge in [0.05, 0.1) is 0 Å². The SMILES string of the molecule is CNC(CN/C=C(/C(=O)C=O)C(C)C)C(C)(C)C. The van der Waals surface area contributed by atoms with Crippen molar-refractivity contribution in [3.05, 3.63) is 11.8 Å². The van der Waals surface area contributed by atoms with E-state index in [0.717, 1.165) is 0 Å². The zero-order valence-electron chi connectivity index (χ0n) is 12.3. The Balaban J connectivity index is 4.60. The number of allylic oxidation sites excluding steroid dienone is 1. The van der Waals surface area contributed by atoms with Gasteiger partial charge in [-0.3, -0.25) is 9.59 Å². The molecule has 4 nitrogen and oxygen atoms in total. The number of carbonyl (C=O) groups is 2. The van der Waals surface area contributed by atoms with E-state index in [0.29, 0.717) is 18.4 Å². The Labute approximate surface area is 110 Å². The Morgan fingerprint density at radius 1 is 1.28 bits per heavy atom. The van der Waals surface area contributed by atoms with Gasteiger partial charge in [0.25, 0.3) is 0 Å². The standard InChI is InChI=1S/C14H26N2O2/c1-10(2)11(12(18)9-17)7-16-8-13(15-6)14(3,4)5/h7,9-10,13,15-16H,8H2,1-6H3/b11-7+. The van der Waals surface area contributed by atoms with Gasteiger partial charge in [-0.15, -0.1) is 0 Å². The molecule has 0 saturated carbocycles. The van der Waals surface area contributed by atoms with E-state index in [1.165, 1.54) is 0 Å². The van der Waals surface area contributed by atoms with Crippen molar-refractivity contribution in [2.45, 2.75) is 40.7 Å². The van der Waals surface area contributed by atoms with Crippen LogP contribution in [0.3, 0.4) is 0 Å². The number of carbonyl (C=O) groups excluding carboxylic acids is 2. The second-order valence-electron chi connectivity index (χ2n) is 5.85. The molecule has 0 aromatic heterocycles. The molecule has 2 N–H and O–H groups in total. The van der Waals surface area contributed by atoms with E-state index in [2.05, 4.69) is 31.4 Å². The lowest BCUT2D eigenvalue weighted by Gasteiger charge is -2.30. The molecule has 104 valence electrons. The van der Waals surface area contributed by atoms with Crippen molar-refractivity contribution < 1.29 is 9.59 Å². The van der Waals surface area contributed by atoms with Crippen LogP contribution in [0.5, 0.6) is 0 Å². The van der Waals surface area contributed by atoms with Crippen molar-refractivity contribution in [2.24, 2.45) is 11.3 Å². The summed E-state index contributed by atoms with van der Waals surface area (Å²) in [6.07, 6.45) is 2.03. The maximum absolute atomic E-state index is 11.4. The van der Waals surface area contributed by atoms with Crippen LogP contribution in [0.1, 0.15) is 34.6 Å². The van der Waals surface area contributed by atoms with Gasteiger partial charge in [-0.05, 0) is 18.4 Å². The summed E-state index contributed by atoms with van der Waals surface area (Å²) in [5, 5.41) is 6.38. The fraction of sp³-hybridized carbons (Fsp3) is 0.714. The van der Waals surface area contributed by atoms with E-state index in [-0.39, 0.29) is 17.4 Å². The summed E-state index contributed by atoms with van der Waals surface area (Å²) < 4.78 is 0. The van der Waals surface area contributed by atoms with E-state index >= 15 is 0 Å². The third-order valence-electron chi connectivity index (χ3n) is 2.99. The molecule has 18 heavy (non-hydrogen) atoms. The Kier molecular flexibility index (Phi) is 6.84. The molecule has 4 heteroatoms. The molecule has 0 aliphatic heterocycles. The minimum Gasteiger partial charge on any atom is -0.389 e. The third kappa shape index (κ3) is 5.45. The van der Waals surface area contributed by atoms with Gasteiger partial charge in [-0.1, -0.05) is 34.6 Å². The van der Waals surface area contributed by atoms with E-state index in [1.807, 2.05) is 20.9 Å². The topological polar surface area (TPSA) is 58.2 Å². The van der Waals surface area contributed by atoms with Gasteiger partial charge in [0.1, 0.15) is 0 Å². The predicted octanol–water partition coefficient (Wildman–Crippen LogP) is 1.52. The largest absolute Gasteiger partial charge is 0.389 e. The number of Topliss-reactive ketones (excluding diaryl/α,β-unsaturated/α-hetero) is 1. The van der Waals surface area contributed by atoms with Crippen molar-refractivity contribution in [3.63, 3.8) is 0 Å². The van der Waals surface area contributed by atoms with E-state index < -0.39 is 5.78 Å². The summed E-state index contributed by atoms with van der Waals surface area (Å²) in [6.45, 7) is 11.0. The first-order valence-electron chi connectivity index (χ1n) is 6.34. The molecule has 0 aliphatic rings. The molecule has 1 atom stereocenters. The molecule has 0 spiro atoms. The number of aldehydes is 1. The van der Waals surface area contributed by atoms with Gasteiger partial charge in [-0.25, -0.2) is 0 Å².